The van der Waals surface area contributed by atoms with Crippen molar-refractivity contribution in [3.8, 4) is 21.9 Å². The Morgan fingerprint density at radius 3 is 2.78 bits per heavy atom. The molecule has 0 atom stereocenters. The summed E-state index contributed by atoms with van der Waals surface area (Å²) in [5, 5.41) is 8.97. The zero-order chi connectivity index (χ0) is 12.7. The summed E-state index contributed by atoms with van der Waals surface area (Å²) >= 11 is 1.15. The van der Waals surface area contributed by atoms with Crippen LogP contribution < -0.4 is 15.2 Å². The third-order valence-corrected chi connectivity index (χ3v) is 3.80. The van der Waals surface area contributed by atoms with Crippen LogP contribution in [0.3, 0.4) is 0 Å². The predicted molar refractivity (Wildman–Crippen MR) is 67.2 cm³/mol. The Morgan fingerprint density at radius 1 is 1.28 bits per heavy atom. The summed E-state index contributed by atoms with van der Waals surface area (Å²) in [5.74, 6) is 0.350. The molecule has 92 valence electrons. The van der Waals surface area contributed by atoms with Crippen LogP contribution in [0.4, 0.5) is 5.69 Å². The van der Waals surface area contributed by atoms with Gasteiger partial charge >= 0.3 is 5.97 Å². The number of hydrogen-bond acceptors (Lipinski definition) is 5. The number of carboxylic acids is 1. The lowest BCUT2D eigenvalue weighted by atomic mass is 10.1. The highest BCUT2D eigenvalue weighted by atomic mass is 32.1. The summed E-state index contributed by atoms with van der Waals surface area (Å²) in [6.45, 7) is 0.214. The highest BCUT2D eigenvalue weighted by molar-refractivity contribution is 7.17. The molecular formula is C12H9NO4S. The number of hydrogen-bond donors (Lipinski definition) is 2. The van der Waals surface area contributed by atoms with Crippen molar-refractivity contribution in [2.24, 2.45) is 0 Å². The Morgan fingerprint density at radius 2 is 2.06 bits per heavy atom. The summed E-state index contributed by atoms with van der Waals surface area (Å²) < 4.78 is 10.5. The van der Waals surface area contributed by atoms with Crippen molar-refractivity contribution in [1.29, 1.82) is 0 Å². The molecule has 1 aliphatic rings. The van der Waals surface area contributed by atoms with Crippen LogP contribution in [0.2, 0.25) is 0 Å². The number of anilines is 1. The quantitative estimate of drug-likeness (QED) is 0.869. The minimum atomic E-state index is -1.01. The van der Waals surface area contributed by atoms with Gasteiger partial charge in [0.2, 0.25) is 6.79 Å². The van der Waals surface area contributed by atoms with E-state index in [2.05, 4.69) is 0 Å². The van der Waals surface area contributed by atoms with Crippen LogP contribution in [0.1, 0.15) is 9.67 Å². The first-order valence-corrected chi connectivity index (χ1v) is 5.99. The molecule has 6 heteroatoms. The summed E-state index contributed by atoms with van der Waals surface area (Å²) in [6, 6.07) is 7.13. The van der Waals surface area contributed by atoms with Gasteiger partial charge in [-0.05, 0) is 29.8 Å². The molecule has 1 aliphatic heterocycles. The van der Waals surface area contributed by atoms with Gasteiger partial charge in [0, 0.05) is 4.88 Å². The lowest BCUT2D eigenvalue weighted by Gasteiger charge is -1.99. The SMILES string of the molecule is Nc1cc(-c2ccc3c(c2)OCO3)sc1C(=O)O. The van der Waals surface area contributed by atoms with Crippen LogP contribution in [0, 0.1) is 0 Å². The van der Waals surface area contributed by atoms with Gasteiger partial charge in [-0.15, -0.1) is 11.3 Å². The molecule has 2 heterocycles. The lowest BCUT2D eigenvalue weighted by molar-refractivity contribution is 0.0703. The average molecular weight is 263 g/mol. The van der Waals surface area contributed by atoms with E-state index in [0.29, 0.717) is 11.5 Å². The average Bonchev–Trinajstić information content (AvgIpc) is 2.93. The topological polar surface area (TPSA) is 81.8 Å². The van der Waals surface area contributed by atoms with Gasteiger partial charge in [0.05, 0.1) is 5.69 Å². The van der Waals surface area contributed by atoms with Gasteiger partial charge in [0.1, 0.15) is 4.88 Å². The molecule has 0 radical (unpaired) electrons. The number of carboxylic acid groups (broad SMARTS) is 1. The Kier molecular flexibility index (Phi) is 2.38. The monoisotopic (exact) mass is 263 g/mol. The van der Waals surface area contributed by atoms with Crippen molar-refractivity contribution in [2.45, 2.75) is 0 Å². The number of nitrogen functional groups attached to an aromatic ring is 1. The molecular weight excluding hydrogens is 254 g/mol. The maximum Gasteiger partial charge on any atom is 0.348 e. The maximum atomic E-state index is 10.9. The van der Waals surface area contributed by atoms with E-state index in [1.807, 2.05) is 12.1 Å². The van der Waals surface area contributed by atoms with Gasteiger partial charge in [-0.25, -0.2) is 4.79 Å². The van der Waals surface area contributed by atoms with Crippen LogP contribution >= 0.6 is 11.3 Å². The number of fused-ring (bicyclic) bond motifs is 1. The normalized spacial score (nSPS) is 12.7. The number of carbonyl (C=O) groups is 1. The Bertz CT molecular complexity index is 635. The smallest absolute Gasteiger partial charge is 0.348 e. The van der Waals surface area contributed by atoms with Crippen molar-refractivity contribution in [1.82, 2.24) is 0 Å². The first-order valence-electron chi connectivity index (χ1n) is 5.18. The molecule has 18 heavy (non-hydrogen) atoms. The largest absolute Gasteiger partial charge is 0.477 e. The number of nitrogens with two attached hydrogens (primary N) is 1. The molecule has 0 spiro atoms. The zero-order valence-corrected chi connectivity index (χ0v) is 9.99. The molecule has 1 aromatic carbocycles. The third-order valence-electron chi connectivity index (χ3n) is 2.61. The fourth-order valence-corrected chi connectivity index (χ4v) is 2.68. The fourth-order valence-electron chi connectivity index (χ4n) is 1.76. The van der Waals surface area contributed by atoms with Crippen LogP contribution in [-0.2, 0) is 0 Å². The summed E-state index contributed by atoms with van der Waals surface area (Å²) in [4.78, 5) is 11.9. The van der Waals surface area contributed by atoms with Crippen molar-refractivity contribution in [3.63, 3.8) is 0 Å². The van der Waals surface area contributed by atoms with Crippen molar-refractivity contribution in [2.75, 3.05) is 12.5 Å². The minimum Gasteiger partial charge on any atom is -0.477 e. The van der Waals surface area contributed by atoms with Crippen molar-refractivity contribution in [3.05, 3.63) is 29.1 Å². The van der Waals surface area contributed by atoms with Crippen molar-refractivity contribution < 1.29 is 19.4 Å². The van der Waals surface area contributed by atoms with E-state index in [0.717, 1.165) is 21.8 Å². The van der Waals surface area contributed by atoms with Gasteiger partial charge in [-0.2, -0.15) is 0 Å². The molecule has 0 fully saturated rings. The number of aromatic carboxylic acids is 1. The van der Waals surface area contributed by atoms with E-state index in [-0.39, 0.29) is 17.4 Å². The highest BCUT2D eigenvalue weighted by Crippen LogP contribution is 2.39. The highest BCUT2D eigenvalue weighted by Gasteiger charge is 2.17. The summed E-state index contributed by atoms with van der Waals surface area (Å²) in [6.07, 6.45) is 0. The van der Waals surface area contributed by atoms with Gasteiger partial charge in [0.25, 0.3) is 0 Å². The Hall–Kier alpha value is -2.21. The molecule has 0 bridgehead atoms. The van der Waals surface area contributed by atoms with Gasteiger partial charge in [0.15, 0.2) is 11.5 Å². The van der Waals surface area contributed by atoms with E-state index in [1.54, 1.807) is 12.1 Å². The number of ether oxygens (including phenoxy) is 2. The minimum absolute atomic E-state index is 0.155. The van der Waals surface area contributed by atoms with Crippen LogP contribution in [0.15, 0.2) is 24.3 Å². The standard InChI is InChI=1S/C12H9NO4S/c13-7-4-10(18-11(7)12(14)15)6-1-2-8-9(3-6)17-5-16-8/h1-4H,5,13H2,(H,14,15). The molecule has 0 unspecified atom stereocenters. The Balaban J connectivity index is 2.05. The van der Waals surface area contributed by atoms with E-state index < -0.39 is 5.97 Å². The number of thiophene rings is 1. The molecule has 0 amide bonds. The van der Waals surface area contributed by atoms with E-state index in [9.17, 15) is 4.79 Å². The van der Waals surface area contributed by atoms with E-state index in [1.165, 1.54) is 0 Å². The van der Waals surface area contributed by atoms with Crippen molar-refractivity contribution >= 4 is 23.0 Å². The second-order valence-corrected chi connectivity index (χ2v) is 4.82. The summed E-state index contributed by atoms with van der Waals surface area (Å²) in [7, 11) is 0. The lowest BCUT2D eigenvalue weighted by Crippen LogP contribution is -1.96. The fraction of sp³-hybridized carbons (Fsp3) is 0.0833. The van der Waals surface area contributed by atoms with Gasteiger partial charge in [-0.3, -0.25) is 0 Å². The molecule has 2 aromatic rings. The first-order chi connectivity index (χ1) is 8.65. The number of rotatable bonds is 2. The van der Waals surface area contributed by atoms with Gasteiger partial charge in [-0.1, -0.05) is 0 Å². The summed E-state index contributed by atoms with van der Waals surface area (Å²) in [5.41, 5.74) is 6.81. The molecule has 3 rings (SSSR count). The Labute approximate surface area is 106 Å². The number of benzene rings is 1. The molecule has 5 nitrogen and oxygen atoms in total. The second kappa shape index (κ2) is 3.92. The molecule has 0 saturated heterocycles. The second-order valence-electron chi connectivity index (χ2n) is 3.77. The molecule has 0 saturated carbocycles. The van der Waals surface area contributed by atoms with Crippen LogP contribution in [0.25, 0.3) is 10.4 Å². The van der Waals surface area contributed by atoms with Crippen LogP contribution in [-0.4, -0.2) is 17.9 Å². The maximum absolute atomic E-state index is 10.9. The van der Waals surface area contributed by atoms with E-state index in [4.69, 9.17) is 20.3 Å². The molecule has 0 aliphatic carbocycles. The molecule has 1 aromatic heterocycles. The third kappa shape index (κ3) is 1.67. The van der Waals surface area contributed by atoms with Gasteiger partial charge < -0.3 is 20.3 Å². The van der Waals surface area contributed by atoms with E-state index >= 15 is 0 Å². The zero-order valence-electron chi connectivity index (χ0n) is 9.17. The first kappa shape index (κ1) is 10.9. The predicted octanol–water partition coefficient (Wildman–Crippen LogP) is 2.42. The molecule has 3 N–H and O–H groups in total. The van der Waals surface area contributed by atoms with Crippen LogP contribution in [0.5, 0.6) is 11.5 Å².